The molecule has 51 heavy (non-hydrogen) atoms. The van der Waals surface area contributed by atoms with Crippen LogP contribution in [0.15, 0.2) is 167 Å². The Bertz CT molecular complexity index is 3150. The summed E-state index contributed by atoms with van der Waals surface area (Å²) in [7, 11) is 0. The lowest BCUT2D eigenvalue weighted by molar-refractivity contribution is 0.668. The van der Waals surface area contributed by atoms with Crippen LogP contribution in [0.3, 0.4) is 0 Å². The first kappa shape index (κ1) is 27.9. The second-order valence-corrected chi connectivity index (χ2v) is 12.8. The normalized spacial score (nSPS) is 11.9. The minimum atomic E-state index is 0.535. The van der Waals surface area contributed by atoms with Crippen molar-refractivity contribution in [3.8, 4) is 39.9 Å². The summed E-state index contributed by atoms with van der Waals surface area (Å²) in [6.45, 7) is 0. The van der Waals surface area contributed by atoms with Gasteiger partial charge in [-0.25, -0.2) is 15.0 Å². The number of nitrogens with zero attached hydrogens (tertiary/aromatic N) is 4. The fraction of sp³-hybridized carbons (Fsp3) is 0. The van der Waals surface area contributed by atoms with E-state index in [9.17, 15) is 0 Å². The number of hydrogen-bond acceptors (Lipinski definition) is 5. The predicted molar refractivity (Wildman–Crippen MR) is 205 cm³/mol. The monoisotopic (exact) mass is 654 g/mol. The standard InChI is InChI=1S/C45H26N4O2/c1-2-13-27(14-3-1)49-35-22-7-4-16-30(35)40-32(19-11-23-36(40)49)43-46-44(33-20-12-26-39-41(33)31-17-6-9-25-38(31)50-39)48-45(47-43)34-21-10-18-29-28-15-5-8-24-37(28)51-42(29)34/h1-26H. The molecule has 4 aromatic heterocycles. The first-order valence-corrected chi connectivity index (χ1v) is 17.0. The molecule has 7 aromatic carbocycles. The highest BCUT2D eigenvalue weighted by molar-refractivity contribution is 6.16. The number of hydrogen-bond donors (Lipinski definition) is 0. The molecule has 11 rings (SSSR count). The topological polar surface area (TPSA) is 69.9 Å². The molecule has 0 radical (unpaired) electrons. The molecule has 0 fully saturated rings. The van der Waals surface area contributed by atoms with Crippen LogP contribution >= 0.6 is 0 Å². The third kappa shape index (κ3) is 4.14. The zero-order valence-electron chi connectivity index (χ0n) is 27.1. The summed E-state index contributed by atoms with van der Waals surface area (Å²) in [5.74, 6) is 1.67. The Balaban J connectivity index is 1.25. The fourth-order valence-corrected chi connectivity index (χ4v) is 7.68. The summed E-state index contributed by atoms with van der Waals surface area (Å²) in [6, 6.07) is 53.8. The number of fused-ring (bicyclic) bond motifs is 9. The Morgan fingerprint density at radius 2 is 0.882 bits per heavy atom. The molecule has 238 valence electrons. The van der Waals surface area contributed by atoms with Crippen molar-refractivity contribution >= 4 is 65.7 Å². The minimum absolute atomic E-state index is 0.535. The van der Waals surface area contributed by atoms with Crippen molar-refractivity contribution < 1.29 is 8.83 Å². The van der Waals surface area contributed by atoms with Crippen LogP contribution in [0.5, 0.6) is 0 Å². The van der Waals surface area contributed by atoms with Crippen LogP contribution in [0.4, 0.5) is 0 Å². The zero-order valence-corrected chi connectivity index (χ0v) is 27.1. The van der Waals surface area contributed by atoms with Gasteiger partial charge in [0.1, 0.15) is 22.3 Å². The first-order chi connectivity index (χ1) is 25.3. The van der Waals surface area contributed by atoms with Gasteiger partial charge in [-0.05, 0) is 48.5 Å². The van der Waals surface area contributed by atoms with Gasteiger partial charge in [0.15, 0.2) is 17.5 Å². The maximum Gasteiger partial charge on any atom is 0.167 e. The fourth-order valence-electron chi connectivity index (χ4n) is 7.68. The smallest absolute Gasteiger partial charge is 0.167 e. The van der Waals surface area contributed by atoms with E-state index in [0.717, 1.165) is 88.1 Å². The first-order valence-electron chi connectivity index (χ1n) is 17.0. The third-order valence-corrected chi connectivity index (χ3v) is 9.88. The molecular formula is C45H26N4O2. The summed E-state index contributed by atoms with van der Waals surface area (Å²) in [6.07, 6.45) is 0. The van der Waals surface area contributed by atoms with Gasteiger partial charge in [0.25, 0.3) is 0 Å². The van der Waals surface area contributed by atoms with Crippen molar-refractivity contribution in [2.45, 2.75) is 0 Å². The molecule has 4 heterocycles. The Morgan fingerprint density at radius 3 is 1.69 bits per heavy atom. The SMILES string of the molecule is c1ccc(-n2c3ccccc3c3c(-c4nc(-c5cccc6c5oc5ccccc56)nc(-c5cccc6oc7ccccc7c56)n4)cccc32)cc1. The van der Waals surface area contributed by atoms with Crippen molar-refractivity contribution in [3.63, 3.8) is 0 Å². The van der Waals surface area contributed by atoms with E-state index in [1.807, 2.05) is 66.7 Å². The average Bonchev–Trinajstić information content (AvgIpc) is 3.88. The number of aromatic nitrogens is 4. The number of benzene rings is 7. The minimum Gasteiger partial charge on any atom is -0.456 e. The van der Waals surface area contributed by atoms with Crippen LogP contribution in [0.1, 0.15) is 0 Å². The molecule has 0 saturated carbocycles. The lowest BCUT2D eigenvalue weighted by Gasteiger charge is -2.11. The van der Waals surface area contributed by atoms with Crippen LogP contribution in [0, 0.1) is 0 Å². The van der Waals surface area contributed by atoms with Crippen LogP contribution in [-0.4, -0.2) is 19.5 Å². The van der Waals surface area contributed by atoms with Crippen molar-refractivity contribution in [2.75, 3.05) is 0 Å². The molecule has 0 unspecified atom stereocenters. The Labute approximate surface area is 290 Å². The van der Waals surface area contributed by atoms with Crippen LogP contribution < -0.4 is 0 Å². The summed E-state index contributed by atoms with van der Waals surface area (Å²) < 4.78 is 15.1. The van der Waals surface area contributed by atoms with Gasteiger partial charge in [0.05, 0.1) is 16.6 Å². The van der Waals surface area contributed by atoms with Gasteiger partial charge >= 0.3 is 0 Å². The van der Waals surface area contributed by atoms with Gasteiger partial charge < -0.3 is 13.4 Å². The molecule has 0 atom stereocenters. The van der Waals surface area contributed by atoms with Gasteiger partial charge in [0.2, 0.25) is 0 Å². The zero-order chi connectivity index (χ0) is 33.5. The Morgan fingerprint density at radius 1 is 0.353 bits per heavy atom. The third-order valence-electron chi connectivity index (χ3n) is 9.88. The van der Waals surface area contributed by atoms with E-state index < -0.39 is 0 Å². The van der Waals surface area contributed by atoms with E-state index in [1.54, 1.807) is 0 Å². The number of para-hydroxylation sites is 5. The number of rotatable bonds is 4. The van der Waals surface area contributed by atoms with Crippen molar-refractivity contribution in [1.82, 2.24) is 19.5 Å². The molecule has 0 aliphatic heterocycles. The maximum atomic E-state index is 6.51. The van der Waals surface area contributed by atoms with Gasteiger partial charge in [-0.1, -0.05) is 109 Å². The van der Waals surface area contributed by atoms with E-state index in [-0.39, 0.29) is 0 Å². The van der Waals surface area contributed by atoms with E-state index in [0.29, 0.717) is 17.5 Å². The maximum absolute atomic E-state index is 6.51. The molecule has 0 spiro atoms. The molecule has 6 heteroatoms. The van der Waals surface area contributed by atoms with E-state index >= 15 is 0 Å². The van der Waals surface area contributed by atoms with E-state index in [2.05, 4.69) is 95.6 Å². The van der Waals surface area contributed by atoms with E-state index in [1.165, 1.54) is 0 Å². The molecule has 0 bridgehead atoms. The van der Waals surface area contributed by atoms with Gasteiger partial charge in [-0.15, -0.1) is 0 Å². The molecule has 6 nitrogen and oxygen atoms in total. The van der Waals surface area contributed by atoms with Crippen molar-refractivity contribution in [3.05, 3.63) is 158 Å². The van der Waals surface area contributed by atoms with Crippen LogP contribution in [0.2, 0.25) is 0 Å². The van der Waals surface area contributed by atoms with Crippen molar-refractivity contribution in [1.29, 1.82) is 0 Å². The lowest BCUT2D eigenvalue weighted by atomic mass is 10.0. The lowest BCUT2D eigenvalue weighted by Crippen LogP contribution is -2.01. The summed E-state index contributed by atoms with van der Waals surface area (Å²) in [5, 5.41) is 6.25. The van der Waals surface area contributed by atoms with Crippen molar-refractivity contribution in [2.24, 2.45) is 0 Å². The molecule has 0 aliphatic carbocycles. The van der Waals surface area contributed by atoms with E-state index in [4.69, 9.17) is 23.8 Å². The Kier molecular flexibility index (Phi) is 5.86. The predicted octanol–water partition coefficient (Wildman–Crippen LogP) is 11.8. The highest BCUT2D eigenvalue weighted by Crippen LogP contribution is 2.41. The average molecular weight is 655 g/mol. The van der Waals surface area contributed by atoms with Gasteiger partial charge in [-0.3, -0.25) is 0 Å². The summed E-state index contributed by atoms with van der Waals surface area (Å²) in [5.41, 5.74) is 9.04. The number of furan rings is 2. The molecule has 0 amide bonds. The summed E-state index contributed by atoms with van der Waals surface area (Å²) >= 11 is 0. The molecule has 11 aromatic rings. The van der Waals surface area contributed by atoms with Crippen LogP contribution in [0.25, 0.3) is 106 Å². The van der Waals surface area contributed by atoms with Gasteiger partial charge in [0, 0.05) is 49.1 Å². The highest BCUT2D eigenvalue weighted by atomic mass is 16.3. The Hall–Kier alpha value is -7.05. The molecular weight excluding hydrogens is 629 g/mol. The largest absolute Gasteiger partial charge is 0.456 e. The second-order valence-electron chi connectivity index (χ2n) is 12.8. The molecule has 0 aliphatic rings. The highest BCUT2D eigenvalue weighted by Gasteiger charge is 2.23. The molecule has 0 N–H and O–H groups in total. The quantitative estimate of drug-likeness (QED) is 0.189. The van der Waals surface area contributed by atoms with Crippen LogP contribution in [-0.2, 0) is 0 Å². The second kappa shape index (κ2) is 10.7. The summed E-state index contributed by atoms with van der Waals surface area (Å²) in [4.78, 5) is 15.8. The molecule has 0 saturated heterocycles. The van der Waals surface area contributed by atoms with Gasteiger partial charge in [-0.2, -0.15) is 0 Å².